The first-order valence-corrected chi connectivity index (χ1v) is 11.3. The standard InChI is InChI=1S/C19H26BrN5O9/c1-9(26)22-16-18(33-12(4)29)17(32-11(3)28)14(8-31-10(2)27)34-19(16)25-7-13(23-24-25)6-21-15(30)5-20/h7,14,16-19H,5-6,8H2,1-4H3,(H,21,30)(H,22,26)/t14?,16?,17-,18?,19-/m1/s1. The number of nitrogens with one attached hydrogen (secondary N) is 2. The number of hydrogen-bond acceptors (Lipinski definition) is 11. The van der Waals surface area contributed by atoms with Crippen molar-refractivity contribution in [2.24, 2.45) is 0 Å². The van der Waals surface area contributed by atoms with Gasteiger partial charge in [-0.05, 0) is 0 Å². The lowest BCUT2D eigenvalue weighted by Gasteiger charge is -2.45. The zero-order chi connectivity index (χ0) is 25.4. The maximum atomic E-state index is 12.0. The van der Waals surface area contributed by atoms with Gasteiger partial charge in [0.05, 0.1) is 18.1 Å². The van der Waals surface area contributed by atoms with Gasteiger partial charge in [-0.2, -0.15) is 0 Å². The van der Waals surface area contributed by atoms with E-state index >= 15 is 0 Å². The Morgan fingerprint density at radius 1 is 1.06 bits per heavy atom. The average Bonchev–Trinajstić information content (AvgIpc) is 3.21. The highest BCUT2D eigenvalue weighted by atomic mass is 79.9. The van der Waals surface area contributed by atoms with Crippen molar-refractivity contribution < 1.29 is 42.9 Å². The number of halogens is 1. The van der Waals surface area contributed by atoms with Gasteiger partial charge < -0.3 is 29.6 Å². The number of carbonyl (C=O) groups excluding carboxylic acids is 5. The Morgan fingerprint density at radius 2 is 1.71 bits per heavy atom. The molecule has 14 nitrogen and oxygen atoms in total. The molecule has 5 atom stereocenters. The van der Waals surface area contributed by atoms with E-state index in [9.17, 15) is 24.0 Å². The van der Waals surface area contributed by atoms with Gasteiger partial charge in [-0.3, -0.25) is 24.0 Å². The quantitative estimate of drug-likeness (QED) is 0.223. The average molecular weight is 548 g/mol. The van der Waals surface area contributed by atoms with Gasteiger partial charge in [0, 0.05) is 27.7 Å². The summed E-state index contributed by atoms with van der Waals surface area (Å²) in [6.07, 6.45) is -3.14. The molecule has 2 heterocycles. The van der Waals surface area contributed by atoms with Crippen molar-refractivity contribution in [2.45, 2.75) is 64.8 Å². The minimum absolute atomic E-state index is 0.0717. The molecule has 0 bridgehead atoms. The summed E-state index contributed by atoms with van der Waals surface area (Å²) in [5.41, 5.74) is 0.377. The van der Waals surface area contributed by atoms with Gasteiger partial charge in [-0.15, -0.1) is 5.10 Å². The van der Waals surface area contributed by atoms with Gasteiger partial charge in [0.25, 0.3) is 0 Å². The molecular formula is C19H26BrN5O9. The van der Waals surface area contributed by atoms with E-state index in [0.717, 1.165) is 13.8 Å². The van der Waals surface area contributed by atoms with Crippen LogP contribution in [0.4, 0.5) is 0 Å². The van der Waals surface area contributed by atoms with Crippen LogP contribution in [0.2, 0.25) is 0 Å². The second-order valence-electron chi connectivity index (χ2n) is 7.34. The third-order valence-corrected chi connectivity index (χ3v) is 5.01. The van der Waals surface area contributed by atoms with E-state index in [4.69, 9.17) is 18.9 Å². The monoisotopic (exact) mass is 547 g/mol. The largest absolute Gasteiger partial charge is 0.463 e. The van der Waals surface area contributed by atoms with Gasteiger partial charge in [0.2, 0.25) is 11.8 Å². The lowest BCUT2D eigenvalue weighted by molar-refractivity contribution is -0.239. The van der Waals surface area contributed by atoms with Crippen LogP contribution >= 0.6 is 15.9 Å². The molecule has 0 saturated carbocycles. The fraction of sp³-hybridized carbons (Fsp3) is 0.632. The molecule has 2 N–H and O–H groups in total. The SMILES string of the molecule is CC(=O)NC1C(OC(C)=O)[C@H](OC(C)=O)C(COC(C)=O)O[C@H]1n1cc(CNC(=O)CBr)nn1. The summed E-state index contributed by atoms with van der Waals surface area (Å²) in [7, 11) is 0. The van der Waals surface area contributed by atoms with Crippen molar-refractivity contribution in [3.63, 3.8) is 0 Å². The molecule has 0 spiro atoms. The minimum atomic E-state index is -1.22. The molecule has 188 valence electrons. The number of hydrogen-bond donors (Lipinski definition) is 2. The highest BCUT2D eigenvalue weighted by molar-refractivity contribution is 9.09. The number of aromatic nitrogens is 3. The van der Waals surface area contributed by atoms with Crippen molar-refractivity contribution >= 4 is 45.7 Å². The second kappa shape index (κ2) is 12.4. The Balaban J connectivity index is 2.44. The smallest absolute Gasteiger partial charge is 0.303 e. The number of esters is 3. The Kier molecular flexibility index (Phi) is 9.92. The third kappa shape index (κ3) is 7.76. The summed E-state index contributed by atoms with van der Waals surface area (Å²) < 4.78 is 23.1. The Labute approximate surface area is 203 Å². The van der Waals surface area contributed by atoms with Gasteiger partial charge in [0.15, 0.2) is 18.4 Å². The van der Waals surface area contributed by atoms with Gasteiger partial charge in [-0.25, -0.2) is 4.68 Å². The molecule has 0 radical (unpaired) electrons. The number of alkyl halides is 1. The third-order valence-electron chi connectivity index (χ3n) is 4.50. The molecule has 1 aliphatic heterocycles. The van der Waals surface area contributed by atoms with Crippen LogP contribution in [0.3, 0.4) is 0 Å². The summed E-state index contributed by atoms with van der Waals surface area (Å²) in [5.74, 6) is -2.77. The van der Waals surface area contributed by atoms with Gasteiger partial charge >= 0.3 is 17.9 Å². The van der Waals surface area contributed by atoms with Crippen molar-refractivity contribution in [1.82, 2.24) is 25.6 Å². The predicted molar refractivity (Wildman–Crippen MR) is 115 cm³/mol. The predicted octanol–water partition coefficient (Wildman–Crippen LogP) is -0.882. The molecule has 2 rings (SSSR count). The molecule has 0 aliphatic carbocycles. The van der Waals surface area contributed by atoms with Crippen LogP contribution in [-0.2, 0) is 49.5 Å². The van der Waals surface area contributed by atoms with Crippen LogP contribution < -0.4 is 10.6 Å². The molecule has 34 heavy (non-hydrogen) atoms. The molecular weight excluding hydrogens is 522 g/mol. The molecule has 15 heteroatoms. The van der Waals surface area contributed by atoms with Crippen molar-refractivity contribution in [2.75, 3.05) is 11.9 Å². The summed E-state index contributed by atoms with van der Waals surface area (Å²) in [6.45, 7) is 4.48. The summed E-state index contributed by atoms with van der Waals surface area (Å²) in [6, 6.07) is -1.06. The topological polar surface area (TPSA) is 177 Å². The van der Waals surface area contributed by atoms with E-state index < -0.39 is 54.4 Å². The molecule has 1 aliphatic rings. The normalized spacial score (nSPS) is 24.0. The van der Waals surface area contributed by atoms with E-state index in [-0.39, 0.29) is 24.4 Å². The Morgan fingerprint density at radius 3 is 2.26 bits per heavy atom. The maximum Gasteiger partial charge on any atom is 0.303 e. The van der Waals surface area contributed by atoms with Gasteiger partial charge in [0.1, 0.15) is 24.4 Å². The molecule has 1 aromatic rings. The molecule has 3 unspecified atom stereocenters. The van der Waals surface area contributed by atoms with Crippen molar-refractivity contribution in [3.05, 3.63) is 11.9 Å². The first kappa shape index (κ1) is 27.2. The molecule has 2 amide bonds. The summed E-state index contributed by atoms with van der Waals surface area (Å²) in [4.78, 5) is 58.5. The van der Waals surface area contributed by atoms with Crippen LogP contribution in [0.1, 0.15) is 39.6 Å². The number of rotatable bonds is 9. The van der Waals surface area contributed by atoms with Crippen LogP contribution in [0.15, 0.2) is 6.20 Å². The zero-order valence-corrected chi connectivity index (χ0v) is 20.6. The van der Waals surface area contributed by atoms with Crippen LogP contribution in [0.5, 0.6) is 0 Å². The number of amides is 2. The number of nitrogens with zero attached hydrogens (tertiary/aromatic N) is 3. The van der Waals surface area contributed by atoms with Crippen molar-refractivity contribution in [1.29, 1.82) is 0 Å². The molecule has 0 aromatic carbocycles. The first-order chi connectivity index (χ1) is 16.0. The van der Waals surface area contributed by atoms with Crippen molar-refractivity contribution in [3.8, 4) is 0 Å². The van der Waals surface area contributed by atoms with E-state index in [1.165, 1.54) is 24.7 Å². The Bertz CT molecular complexity index is 924. The lowest BCUT2D eigenvalue weighted by atomic mass is 9.95. The summed E-state index contributed by atoms with van der Waals surface area (Å²) >= 11 is 3.04. The minimum Gasteiger partial charge on any atom is -0.463 e. The zero-order valence-electron chi connectivity index (χ0n) is 19.0. The molecule has 1 fully saturated rings. The van der Waals surface area contributed by atoms with E-state index in [0.29, 0.717) is 5.69 Å². The van der Waals surface area contributed by atoms with E-state index in [2.05, 4.69) is 36.9 Å². The van der Waals surface area contributed by atoms with E-state index in [1.54, 1.807) is 0 Å². The highest BCUT2D eigenvalue weighted by Gasteiger charge is 2.51. The molecule has 1 aromatic heterocycles. The Hall–Kier alpha value is -3.07. The number of ether oxygens (including phenoxy) is 4. The maximum absolute atomic E-state index is 12.0. The summed E-state index contributed by atoms with van der Waals surface area (Å²) in [5, 5.41) is 13.3. The second-order valence-corrected chi connectivity index (χ2v) is 7.90. The van der Waals surface area contributed by atoms with E-state index in [1.807, 2.05) is 0 Å². The van der Waals surface area contributed by atoms with Crippen LogP contribution in [0.25, 0.3) is 0 Å². The number of carbonyl (C=O) groups is 5. The fourth-order valence-electron chi connectivity index (χ4n) is 3.29. The van der Waals surface area contributed by atoms with Crippen LogP contribution in [0, 0.1) is 0 Å². The molecule has 1 saturated heterocycles. The van der Waals surface area contributed by atoms with Gasteiger partial charge in [-0.1, -0.05) is 21.1 Å². The first-order valence-electron chi connectivity index (χ1n) is 10.2. The lowest BCUT2D eigenvalue weighted by Crippen LogP contribution is -2.64. The van der Waals surface area contributed by atoms with Crippen LogP contribution in [-0.4, -0.2) is 81.0 Å². The highest BCUT2D eigenvalue weighted by Crippen LogP contribution is 2.32. The fourth-order valence-corrected chi connectivity index (χ4v) is 3.49.